The van der Waals surface area contributed by atoms with Crippen molar-refractivity contribution < 1.29 is 26.4 Å². The van der Waals surface area contributed by atoms with E-state index in [-0.39, 0.29) is 22.0 Å². The fourth-order valence-corrected chi connectivity index (χ4v) is 4.52. The summed E-state index contributed by atoms with van der Waals surface area (Å²) >= 11 is 1.02. The van der Waals surface area contributed by atoms with Gasteiger partial charge in [-0.25, -0.2) is 18.2 Å². The number of carbonyl (C=O) groups is 1. The van der Waals surface area contributed by atoms with E-state index >= 15 is 0 Å². The highest BCUT2D eigenvalue weighted by Gasteiger charge is 2.30. The standard InChI is InChI=1S/C18H17F3N4O3S2/c1-11-15(10-24-25(11)13-4-2-3-12(9-13)18(19,20)21)17(26)23-8-7-14-5-6-16(29-14)30(22,27)28/h2-6,9-10H,7-8H2,1H3,(H,23,26)(H2,22,27,28). The predicted molar refractivity (Wildman–Crippen MR) is 105 cm³/mol. The molecule has 3 N–H and O–H groups in total. The van der Waals surface area contributed by atoms with Crippen molar-refractivity contribution in [2.45, 2.75) is 23.7 Å². The number of nitrogens with zero attached hydrogens (tertiary/aromatic N) is 2. The molecule has 160 valence electrons. The molecule has 2 heterocycles. The number of amides is 1. The van der Waals surface area contributed by atoms with Gasteiger partial charge in [0, 0.05) is 11.4 Å². The van der Waals surface area contributed by atoms with Gasteiger partial charge in [-0.2, -0.15) is 18.3 Å². The first-order valence-electron chi connectivity index (χ1n) is 8.59. The molecule has 0 atom stereocenters. The van der Waals surface area contributed by atoms with Crippen LogP contribution in [-0.4, -0.2) is 30.7 Å². The van der Waals surface area contributed by atoms with Gasteiger partial charge in [-0.1, -0.05) is 6.07 Å². The molecule has 1 amide bonds. The Morgan fingerprint density at radius 1 is 1.27 bits per heavy atom. The molecule has 3 rings (SSSR count). The lowest BCUT2D eigenvalue weighted by Crippen LogP contribution is -2.26. The molecule has 0 spiro atoms. The third-order valence-corrected chi connectivity index (χ3v) is 6.83. The van der Waals surface area contributed by atoms with Crippen molar-refractivity contribution in [1.29, 1.82) is 0 Å². The summed E-state index contributed by atoms with van der Waals surface area (Å²) < 4.78 is 62.7. The Hall–Kier alpha value is -2.70. The van der Waals surface area contributed by atoms with Crippen molar-refractivity contribution in [2.24, 2.45) is 5.14 Å². The summed E-state index contributed by atoms with van der Waals surface area (Å²) in [6.07, 6.45) is -2.80. The topological polar surface area (TPSA) is 107 Å². The van der Waals surface area contributed by atoms with Crippen LogP contribution in [0.15, 0.2) is 46.8 Å². The van der Waals surface area contributed by atoms with E-state index in [1.807, 2.05) is 0 Å². The van der Waals surface area contributed by atoms with Crippen molar-refractivity contribution in [3.8, 4) is 5.69 Å². The van der Waals surface area contributed by atoms with Crippen LogP contribution in [0.4, 0.5) is 13.2 Å². The molecule has 3 aromatic rings. The second-order valence-corrected chi connectivity index (χ2v) is 9.33. The van der Waals surface area contributed by atoms with E-state index < -0.39 is 27.7 Å². The molecule has 1 aromatic carbocycles. The van der Waals surface area contributed by atoms with Gasteiger partial charge in [0.1, 0.15) is 4.21 Å². The number of halogens is 3. The lowest BCUT2D eigenvalue weighted by Gasteiger charge is -2.10. The van der Waals surface area contributed by atoms with Crippen LogP contribution in [0.3, 0.4) is 0 Å². The van der Waals surface area contributed by atoms with E-state index in [1.54, 1.807) is 13.0 Å². The maximum atomic E-state index is 12.9. The van der Waals surface area contributed by atoms with Crippen LogP contribution in [0.5, 0.6) is 0 Å². The second kappa shape index (κ2) is 8.20. The van der Waals surface area contributed by atoms with Gasteiger partial charge in [-0.15, -0.1) is 11.3 Å². The highest BCUT2D eigenvalue weighted by molar-refractivity contribution is 7.91. The number of alkyl halides is 3. The van der Waals surface area contributed by atoms with Crippen LogP contribution < -0.4 is 10.5 Å². The molecule has 2 aromatic heterocycles. The van der Waals surface area contributed by atoms with Crippen LogP contribution in [0, 0.1) is 6.92 Å². The average Bonchev–Trinajstić information content (AvgIpc) is 3.28. The zero-order chi connectivity index (χ0) is 22.1. The molecule has 7 nitrogen and oxygen atoms in total. The number of primary sulfonamides is 1. The number of sulfonamides is 1. The van der Waals surface area contributed by atoms with Gasteiger partial charge >= 0.3 is 6.18 Å². The van der Waals surface area contributed by atoms with E-state index in [0.717, 1.165) is 28.3 Å². The number of aromatic nitrogens is 2. The van der Waals surface area contributed by atoms with Crippen molar-refractivity contribution >= 4 is 27.3 Å². The van der Waals surface area contributed by atoms with Crippen LogP contribution in [0.25, 0.3) is 5.69 Å². The normalized spacial score (nSPS) is 12.2. The first kappa shape index (κ1) is 22.0. The molecule has 0 aliphatic rings. The number of nitrogens with one attached hydrogen (secondary N) is 1. The van der Waals surface area contributed by atoms with Crippen molar-refractivity contribution in [3.05, 3.63) is 64.3 Å². The van der Waals surface area contributed by atoms with Gasteiger partial charge in [-0.05, 0) is 43.7 Å². The molecule has 0 saturated heterocycles. The minimum absolute atomic E-state index is 0.0436. The van der Waals surface area contributed by atoms with Crippen molar-refractivity contribution in [1.82, 2.24) is 15.1 Å². The minimum atomic E-state index is -4.48. The number of rotatable bonds is 6. The third kappa shape index (κ3) is 4.89. The van der Waals surface area contributed by atoms with Gasteiger partial charge in [0.15, 0.2) is 0 Å². The Kier molecular flexibility index (Phi) is 6.01. The number of hydrogen-bond donors (Lipinski definition) is 2. The minimum Gasteiger partial charge on any atom is -0.352 e. The summed E-state index contributed by atoms with van der Waals surface area (Å²) in [5.74, 6) is -0.436. The Labute approximate surface area is 174 Å². The first-order valence-corrected chi connectivity index (χ1v) is 10.9. The quantitative estimate of drug-likeness (QED) is 0.592. The molecular weight excluding hydrogens is 441 g/mol. The Balaban J connectivity index is 1.68. The maximum Gasteiger partial charge on any atom is 0.416 e. The molecule has 0 aliphatic heterocycles. The monoisotopic (exact) mass is 458 g/mol. The lowest BCUT2D eigenvalue weighted by molar-refractivity contribution is -0.137. The maximum absolute atomic E-state index is 12.9. The summed E-state index contributed by atoms with van der Waals surface area (Å²) in [6.45, 7) is 1.82. The summed E-state index contributed by atoms with van der Waals surface area (Å²) in [5.41, 5.74) is -0.00512. The van der Waals surface area contributed by atoms with E-state index in [1.165, 1.54) is 29.1 Å². The highest BCUT2D eigenvalue weighted by atomic mass is 32.2. The molecule has 0 bridgehead atoms. The summed E-state index contributed by atoms with van der Waals surface area (Å²) in [5, 5.41) is 11.8. The van der Waals surface area contributed by atoms with Crippen molar-refractivity contribution in [3.63, 3.8) is 0 Å². The smallest absolute Gasteiger partial charge is 0.352 e. The van der Waals surface area contributed by atoms with E-state index in [4.69, 9.17) is 5.14 Å². The van der Waals surface area contributed by atoms with Crippen LogP contribution in [0.2, 0.25) is 0 Å². The zero-order valence-corrected chi connectivity index (χ0v) is 17.2. The van der Waals surface area contributed by atoms with Gasteiger partial charge in [-0.3, -0.25) is 4.79 Å². The number of nitrogens with two attached hydrogens (primary N) is 1. The Morgan fingerprint density at radius 3 is 2.63 bits per heavy atom. The molecule has 0 fully saturated rings. The van der Waals surface area contributed by atoms with Gasteiger partial charge in [0.2, 0.25) is 10.0 Å². The molecular formula is C18H17F3N4O3S2. The predicted octanol–water partition coefficient (Wildman–Crippen LogP) is 2.88. The zero-order valence-electron chi connectivity index (χ0n) is 15.6. The second-order valence-electron chi connectivity index (χ2n) is 6.38. The van der Waals surface area contributed by atoms with Gasteiger partial charge in [0.05, 0.1) is 28.7 Å². The molecule has 0 radical (unpaired) electrons. The van der Waals surface area contributed by atoms with Crippen molar-refractivity contribution in [2.75, 3.05) is 6.54 Å². The van der Waals surface area contributed by atoms with Gasteiger partial charge in [0.25, 0.3) is 5.91 Å². The number of carbonyl (C=O) groups excluding carboxylic acids is 1. The Bertz CT molecular complexity index is 1180. The molecule has 0 unspecified atom stereocenters. The van der Waals surface area contributed by atoms with Crippen LogP contribution >= 0.6 is 11.3 Å². The summed E-state index contributed by atoms with van der Waals surface area (Å²) in [6, 6.07) is 7.68. The number of thiophene rings is 1. The Morgan fingerprint density at radius 2 is 2.00 bits per heavy atom. The van der Waals surface area contributed by atoms with Crippen LogP contribution in [0.1, 0.15) is 26.5 Å². The average molecular weight is 458 g/mol. The van der Waals surface area contributed by atoms with E-state index in [9.17, 15) is 26.4 Å². The lowest BCUT2D eigenvalue weighted by atomic mass is 10.2. The van der Waals surface area contributed by atoms with E-state index in [0.29, 0.717) is 12.1 Å². The fourth-order valence-electron chi connectivity index (χ4n) is 2.75. The SMILES string of the molecule is Cc1c(C(=O)NCCc2ccc(S(N)(=O)=O)s2)cnn1-c1cccc(C(F)(F)F)c1. The molecule has 0 aliphatic carbocycles. The largest absolute Gasteiger partial charge is 0.416 e. The van der Waals surface area contributed by atoms with Gasteiger partial charge < -0.3 is 5.32 Å². The summed E-state index contributed by atoms with van der Waals surface area (Å²) in [7, 11) is -3.76. The third-order valence-electron chi connectivity index (χ3n) is 4.25. The molecule has 30 heavy (non-hydrogen) atoms. The fraction of sp³-hybridized carbons (Fsp3) is 0.222. The number of hydrogen-bond acceptors (Lipinski definition) is 5. The summed E-state index contributed by atoms with van der Waals surface area (Å²) in [4.78, 5) is 13.2. The molecule has 12 heteroatoms. The number of benzene rings is 1. The van der Waals surface area contributed by atoms with Crippen LogP contribution in [-0.2, 0) is 22.6 Å². The van der Waals surface area contributed by atoms with E-state index in [2.05, 4.69) is 10.4 Å². The molecule has 0 saturated carbocycles. The highest BCUT2D eigenvalue weighted by Crippen LogP contribution is 2.30. The first-order chi connectivity index (χ1) is 14.0.